The van der Waals surface area contributed by atoms with Crippen molar-refractivity contribution in [2.75, 3.05) is 19.6 Å². The molecule has 1 fully saturated rings. The normalized spacial score (nSPS) is 21.9. The van der Waals surface area contributed by atoms with Gasteiger partial charge in [-0.15, -0.1) is 0 Å². The van der Waals surface area contributed by atoms with Crippen LogP contribution in [0.2, 0.25) is 0 Å². The molecule has 2 atom stereocenters. The predicted octanol–water partition coefficient (Wildman–Crippen LogP) is 1.94. The van der Waals surface area contributed by atoms with E-state index in [0.717, 1.165) is 19.4 Å². The van der Waals surface area contributed by atoms with Gasteiger partial charge in [0.1, 0.15) is 6.54 Å². The van der Waals surface area contributed by atoms with Gasteiger partial charge in [0.25, 0.3) is 0 Å². The van der Waals surface area contributed by atoms with E-state index in [-0.39, 0.29) is 30.6 Å². The number of nitrogens with zero attached hydrogens (tertiary/aromatic N) is 2. The maximum absolute atomic E-state index is 12.4. The van der Waals surface area contributed by atoms with Gasteiger partial charge in [0.05, 0.1) is 6.04 Å². The van der Waals surface area contributed by atoms with Gasteiger partial charge in [-0.1, -0.05) is 31.2 Å². The fourth-order valence-electron chi connectivity index (χ4n) is 3.23. The minimum Gasteiger partial charge on any atom is -0.336 e. The molecule has 3 amide bonds. The molecule has 0 radical (unpaired) electrons. The van der Waals surface area contributed by atoms with Gasteiger partial charge in [0.2, 0.25) is 5.91 Å². The van der Waals surface area contributed by atoms with Crippen LogP contribution in [0.4, 0.5) is 4.79 Å². The summed E-state index contributed by atoms with van der Waals surface area (Å²) >= 11 is 0. The number of carbonyl (C=O) groups is 2. The lowest BCUT2D eigenvalue weighted by molar-refractivity contribution is -0.139. The van der Waals surface area contributed by atoms with E-state index in [1.165, 1.54) is 11.1 Å². The Bertz CT molecular complexity index is 587. The maximum Gasteiger partial charge on any atom is 0.318 e. The van der Waals surface area contributed by atoms with Crippen LogP contribution in [-0.2, 0) is 11.2 Å². The van der Waals surface area contributed by atoms with Crippen LogP contribution in [0.15, 0.2) is 24.3 Å². The molecule has 5 heteroatoms. The lowest BCUT2D eigenvalue weighted by Crippen LogP contribution is -2.58. The second-order valence-electron chi connectivity index (χ2n) is 6.19. The van der Waals surface area contributed by atoms with Crippen LogP contribution in [0.5, 0.6) is 0 Å². The van der Waals surface area contributed by atoms with Crippen molar-refractivity contribution in [2.45, 2.75) is 38.8 Å². The number of piperazine rings is 1. The number of carbonyl (C=O) groups excluding carboxylic acids is 2. The van der Waals surface area contributed by atoms with Gasteiger partial charge in [-0.05, 0) is 30.9 Å². The van der Waals surface area contributed by atoms with Crippen LogP contribution < -0.4 is 5.32 Å². The monoisotopic (exact) mass is 301 g/mol. The van der Waals surface area contributed by atoms with Gasteiger partial charge < -0.3 is 15.1 Å². The molecule has 0 aromatic heterocycles. The number of rotatable bonds is 2. The standard InChI is InChI=1S/C17H23N3O2/c1-3-12(2)18-17(22)19-10-15-14-7-5-4-6-13(14)8-9-20(15)16(21)11-19/h4-7,12,15H,3,8-11H2,1-2H3,(H,18,22). The Balaban J connectivity index is 1.80. The Hall–Kier alpha value is -2.04. The van der Waals surface area contributed by atoms with Crippen molar-refractivity contribution in [3.8, 4) is 0 Å². The number of nitrogens with one attached hydrogen (secondary N) is 1. The average molecular weight is 301 g/mol. The summed E-state index contributed by atoms with van der Waals surface area (Å²) in [6.07, 6.45) is 1.78. The van der Waals surface area contributed by atoms with E-state index < -0.39 is 0 Å². The van der Waals surface area contributed by atoms with E-state index >= 15 is 0 Å². The molecule has 2 unspecified atom stereocenters. The molecule has 0 spiro atoms. The molecule has 2 aliphatic rings. The van der Waals surface area contributed by atoms with Crippen LogP contribution >= 0.6 is 0 Å². The van der Waals surface area contributed by atoms with Gasteiger partial charge in [0.15, 0.2) is 0 Å². The van der Waals surface area contributed by atoms with Crippen molar-refractivity contribution < 1.29 is 9.59 Å². The molecule has 0 aliphatic carbocycles. The van der Waals surface area contributed by atoms with Gasteiger partial charge in [0, 0.05) is 19.1 Å². The quantitative estimate of drug-likeness (QED) is 0.907. The SMILES string of the molecule is CCC(C)NC(=O)N1CC(=O)N2CCc3ccccc3C2C1. The molecule has 3 rings (SSSR count). The van der Waals surface area contributed by atoms with E-state index in [1.807, 2.05) is 30.9 Å². The van der Waals surface area contributed by atoms with E-state index in [2.05, 4.69) is 17.4 Å². The summed E-state index contributed by atoms with van der Waals surface area (Å²) in [6, 6.07) is 8.22. The minimum absolute atomic E-state index is 0.00566. The van der Waals surface area contributed by atoms with Crippen molar-refractivity contribution in [2.24, 2.45) is 0 Å². The molecule has 1 aromatic carbocycles. The lowest BCUT2D eigenvalue weighted by atomic mass is 9.91. The number of hydrogen-bond acceptors (Lipinski definition) is 2. The van der Waals surface area contributed by atoms with Crippen molar-refractivity contribution in [1.82, 2.24) is 15.1 Å². The van der Waals surface area contributed by atoms with Crippen molar-refractivity contribution in [1.29, 1.82) is 0 Å². The van der Waals surface area contributed by atoms with E-state index in [1.54, 1.807) is 4.90 Å². The van der Waals surface area contributed by atoms with Gasteiger partial charge in [-0.3, -0.25) is 4.79 Å². The van der Waals surface area contributed by atoms with Crippen molar-refractivity contribution in [3.63, 3.8) is 0 Å². The third-order valence-electron chi connectivity index (χ3n) is 4.72. The Morgan fingerprint density at radius 3 is 2.95 bits per heavy atom. The smallest absolute Gasteiger partial charge is 0.318 e. The molecule has 5 nitrogen and oxygen atoms in total. The maximum atomic E-state index is 12.4. The van der Waals surface area contributed by atoms with E-state index in [9.17, 15) is 9.59 Å². The Morgan fingerprint density at radius 1 is 1.41 bits per heavy atom. The first kappa shape index (κ1) is 14.9. The summed E-state index contributed by atoms with van der Waals surface area (Å²) in [4.78, 5) is 28.3. The molecule has 1 saturated heterocycles. The summed E-state index contributed by atoms with van der Waals surface area (Å²) in [5, 5.41) is 2.96. The highest BCUT2D eigenvalue weighted by Crippen LogP contribution is 2.32. The highest BCUT2D eigenvalue weighted by molar-refractivity contribution is 5.86. The first-order valence-electron chi connectivity index (χ1n) is 8.03. The summed E-state index contributed by atoms with van der Waals surface area (Å²) in [5.74, 6) is 0.0463. The summed E-state index contributed by atoms with van der Waals surface area (Å²) in [5.41, 5.74) is 2.48. The second-order valence-corrected chi connectivity index (χ2v) is 6.19. The molecular weight excluding hydrogens is 278 g/mol. The number of urea groups is 1. The molecule has 2 aliphatic heterocycles. The first-order valence-corrected chi connectivity index (χ1v) is 8.03. The highest BCUT2D eigenvalue weighted by atomic mass is 16.2. The summed E-state index contributed by atoms with van der Waals surface area (Å²) in [6.45, 7) is 5.52. The molecule has 1 aromatic rings. The van der Waals surface area contributed by atoms with Gasteiger partial charge in [-0.2, -0.15) is 0 Å². The minimum atomic E-state index is -0.134. The zero-order valence-corrected chi connectivity index (χ0v) is 13.2. The summed E-state index contributed by atoms with van der Waals surface area (Å²) < 4.78 is 0. The number of fused-ring (bicyclic) bond motifs is 3. The Morgan fingerprint density at radius 2 is 2.18 bits per heavy atom. The van der Waals surface area contributed by atoms with Crippen LogP contribution in [0.1, 0.15) is 37.4 Å². The number of amides is 3. The Labute approximate surface area is 131 Å². The molecule has 0 saturated carbocycles. The molecule has 22 heavy (non-hydrogen) atoms. The second kappa shape index (κ2) is 5.99. The average Bonchev–Trinajstić information content (AvgIpc) is 2.54. The topological polar surface area (TPSA) is 52.7 Å². The molecule has 2 heterocycles. The third kappa shape index (κ3) is 2.67. The van der Waals surface area contributed by atoms with Crippen LogP contribution in [0, 0.1) is 0 Å². The number of hydrogen-bond donors (Lipinski definition) is 1. The fraction of sp³-hybridized carbons (Fsp3) is 0.529. The van der Waals surface area contributed by atoms with E-state index in [4.69, 9.17) is 0 Å². The molecular formula is C17H23N3O2. The molecule has 1 N–H and O–H groups in total. The van der Waals surface area contributed by atoms with Crippen molar-refractivity contribution >= 4 is 11.9 Å². The fourth-order valence-corrected chi connectivity index (χ4v) is 3.23. The zero-order valence-electron chi connectivity index (χ0n) is 13.2. The third-order valence-corrected chi connectivity index (χ3v) is 4.72. The predicted molar refractivity (Wildman–Crippen MR) is 84.5 cm³/mol. The largest absolute Gasteiger partial charge is 0.336 e. The van der Waals surface area contributed by atoms with Crippen LogP contribution in [-0.4, -0.2) is 47.4 Å². The molecule has 0 bridgehead atoms. The lowest BCUT2D eigenvalue weighted by Gasteiger charge is -2.44. The molecule has 118 valence electrons. The van der Waals surface area contributed by atoms with Crippen LogP contribution in [0.3, 0.4) is 0 Å². The first-order chi connectivity index (χ1) is 10.6. The van der Waals surface area contributed by atoms with E-state index in [0.29, 0.717) is 6.54 Å². The van der Waals surface area contributed by atoms with Crippen molar-refractivity contribution in [3.05, 3.63) is 35.4 Å². The van der Waals surface area contributed by atoms with Crippen LogP contribution in [0.25, 0.3) is 0 Å². The summed E-state index contributed by atoms with van der Waals surface area (Å²) in [7, 11) is 0. The van der Waals surface area contributed by atoms with Gasteiger partial charge >= 0.3 is 6.03 Å². The number of benzene rings is 1. The Kier molecular flexibility index (Phi) is 4.05. The highest BCUT2D eigenvalue weighted by Gasteiger charge is 2.38. The zero-order chi connectivity index (χ0) is 15.7. The van der Waals surface area contributed by atoms with Gasteiger partial charge in [-0.25, -0.2) is 4.79 Å².